The van der Waals surface area contributed by atoms with E-state index in [2.05, 4.69) is 30.4 Å². The number of hydroxylamine groups is 2. The van der Waals surface area contributed by atoms with Gasteiger partial charge in [0.2, 0.25) is 22.7 Å². The summed E-state index contributed by atoms with van der Waals surface area (Å²) in [5.74, 6) is -2.76. The Hall–Kier alpha value is -7.41. The molecule has 1 saturated heterocycles. The fourth-order valence-corrected chi connectivity index (χ4v) is 8.24. The Balaban J connectivity index is 1.26. The van der Waals surface area contributed by atoms with Gasteiger partial charge in [0, 0.05) is 11.9 Å². The second-order valence-corrected chi connectivity index (χ2v) is 20.9. The first-order chi connectivity index (χ1) is 34.3. The molecule has 0 bridgehead atoms. The number of esters is 1. The van der Waals surface area contributed by atoms with Crippen LogP contribution in [-0.4, -0.2) is 105 Å². The zero-order valence-electron chi connectivity index (χ0n) is 41.6. The lowest BCUT2D eigenvalue weighted by atomic mass is 9.84. The van der Waals surface area contributed by atoms with E-state index in [1.54, 1.807) is 114 Å². The van der Waals surface area contributed by atoms with Crippen molar-refractivity contribution in [3.63, 3.8) is 0 Å². The number of ether oxygens (including phenoxy) is 4. The summed E-state index contributed by atoms with van der Waals surface area (Å²) < 4.78 is 65.3. The first-order valence-electron chi connectivity index (χ1n) is 22.8. The van der Waals surface area contributed by atoms with Crippen LogP contribution in [0.2, 0.25) is 0 Å². The number of nitrogens with zero attached hydrogens (tertiary/aromatic N) is 5. The highest BCUT2D eigenvalue weighted by Gasteiger charge is 2.57. The quantitative estimate of drug-likeness (QED) is 0.00972. The molecule has 3 aromatic carbocycles. The molecule has 0 spiro atoms. The molecular weight excluding hydrogens is 989 g/mol. The highest BCUT2D eigenvalue weighted by Crippen LogP contribution is 2.33. The van der Waals surface area contributed by atoms with Gasteiger partial charge < -0.3 is 39.0 Å². The number of hydrogen-bond donors (Lipinski definition) is 3. The average molecular weight is 1050 g/mol. The molecule has 2 atom stereocenters. The number of carbonyl (C=O) groups excluding carboxylic acids is 5. The molecule has 1 aliphatic rings. The van der Waals surface area contributed by atoms with Gasteiger partial charge in [-0.15, -0.1) is 16.0 Å². The van der Waals surface area contributed by atoms with E-state index in [9.17, 15) is 36.9 Å². The van der Waals surface area contributed by atoms with Gasteiger partial charge in [0.1, 0.15) is 28.7 Å². The van der Waals surface area contributed by atoms with Crippen LogP contribution >= 0.6 is 11.3 Å². The Morgan fingerprint density at radius 2 is 1.49 bits per heavy atom. The summed E-state index contributed by atoms with van der Waals surface area (Å²) >= 11 is 0.897. The molecule has 0 aliphatic carbocycles. The van der Waals surface area contributed by atoms with Crippen LogP contribution in [0.4, 0.5) is 14.7 Å². The number of oxime groups is 1. The predicted molar refractivity (Wildman–Crippen MR) is 263 cm³/mol. The summed E-state index contributed by atoms with van der Waals surface area (Å²) in [6, 6.07) is 23.6. The van der Waals surface area contributed by atoms with Gasteiger partial charge in [-0.1, -0.05) is 78.0 Å². The van der Waals surface area contributed by atoms with E-state index >= 15 is 0 Å². The molecule has 4 amide bonds. The Morgan fingerprint density at radius 1 is 0.890 bits per heavy atom. The maximum absolute atomic E-state index is 14.4. The van der Waals surface area contributed by atoms with Gasteiger partial charge in [-0.25, -0.2) is 27.8 Å². The molecule has 1 fully saturated rings. The van der Waals surface area contributed by atoms with Gasteiger partial charge in [0.05, 0.1) is 23.8 Å². The molecule has 5 aromatic rings. The van der Waals surface area contributed by atoms with Crippen molar-refractivity contribution in [2.45, 2.75) is 103 Å². The third-order valence-corrected chi connectivity index (χ3v) is 11.6. The van der Waals surface area contributed by atoms with E-state index in [4.69, 9.17) is 23.8 Å². The standard InChI is InChI=1S/C49H58N8O14S2/c1-47(2,3)69-45(61)50-25-16-26-56-28-34(27-55(56)9)31-21-23-35(24-22-31)67-37(43(60)68-39(32-17-12-10-13-18-32)33-19-14-11-15-20-33)29-66-54-38(36-30-72-44(51-36)53-46(62)70-48(4,5)6)41(58)52-40-42(59)57(49(40,7)8)71-73(63,64)65/h10-15,17-24,27-28,30,37,39-40H,16,25-26,29H2,1-9H3,(H3-,50,51,52,53,58,61,62,63,64,65). The number of amides is 4. The van der Waals surface area contributed by atoms with E-state index in [0.717, 1.165) is 22.5 Å². The van der Waals surface area contributed by atoms with Gasteiger partial charge in [-0.3, -0.25) is 14.9 Å². The van der Waals surface area contributed by atoms with E-state index in [1.807, 2.05) is 40.9 Å². The second kappa shape index (κ2) is 23.0. The van der Waals surface area contributed by atoms with E-state index in [0.29, 0.717) is 35.7 Å². The normalized spacial score (nSPS) is 15.2. The maximum atomic E-state index is 14.4. The predicted octanol–water partition coefficient (Wildman–Crippen LogP) is 5.70. The van der Waals surface area contributed by atoms with Gasteiger partial charge in [-0.2, -0.15) is 14.0 Å². The minimum Gasteiger partial charge on any atom is -0.724 e. The molecule has 6 rings (SSSR count). The van der Waals surface area contributed by atoms with Crippen LogP contribution in [0, 0.1) is 0 Å². The Kier molecular flexibility index (Phi) is 17.3. The van der Waals surface area contributed by atoms with Crippen LogP contribution in [-0.2, 0) is 61.7 Å². The summed E-state index contributed by atoms with van der Waals surface area (Å²) in [6.45, 7) is 13.4. The lowest BCUT2D eigenvalue weighted by Crippen LogP contribution is -2.76. The van der Waals surface area contributed by atoms with Crippen LogP contribution in [0.5, 0.6) is 5.75 Å². The zero-order valence-corrected chi connectivity index (χ0v) is 43.3. The van der Waals surface area contributed by atoms with Crippen LogP contribution in [0.15, 0.2) is 108 Å². The molecule has 1 aliphatic heterocycles. The van der Waals surface area contributed by atoms with E-state index < -0.39 is 87.7 Å². The van der Waals surface area contributed by atoms with Crippen molar-refractivity contribution in [2.24, 2.45) is 12.2 Å². The molecule has 2 unspecified atom stereocenters. The molecule has 390 valence electrons. The number of aryl methyl sites for hydroxylation is 2. The third kappa shape index (κ3) is 15.5. The number of thiazole rings is 1. The summed E-state index contributed by atoms with van der Waals surface area (Å²) in [5.41, 5.74) is -0.691. The van der Waals surface area contributed by atoms with Gasteiger partial charge in [0.25, 0.3) is 11.8 Å². The largest absolute Gasteiger partial charge is 0.724 e. The van der Waals surface area contributed by atoms with Crippen LogP contribution in [0.1, 0.15) is 84.7 Å². The number of nitrogens with one attached hydrogen (secondary N) is 3. The average Bonchev–Trinajstić information content (AvgIpc) is 3.93. The number of carbonyl (C=O) groups is 5. The molecule has 24 heteroatoms. The van der Waals surface area contributed by atoms with Crippen molar-refractivity contribution in [1.29, 1.82) is 0 Å². The zero-order chi connectivity index (χ0) is 53.3. The number of rotatable bonds is 20. The summed E-state index contributed by atoms with van der Waals surface area (Å²) in [4.78, 5) is 76.2. The SMILES string of the molecule is C[n+]1cc(-c2ccc(OC(CON=C(C(=O)NC3C(=O)N(OS(=O)(=O)[O-])C3(C)C)c3csc(NC(=O)OC(C)(C)C)n3)C(=O)OC(c3ccccc3)c3ccccc3)cc2)cn1CCCNC(=O)OC(C)(C)C. The van der Waals surface area contributed by atoms with Crippen LogP contribution in [0.3, 0.4) is 0 Å². The summed E-state index contributed by atoms with van der Waals surface area (Å²) in [6.07, 6.45) is 0.783. The molecule has 0 saturated carbocycles. The smallest absolute Gasteiger partial charge is 0.413 e. The van der Waals surface area contributed by atoms with Gasteiger partial charge >= 0.3 is 18.2 Å². The monoisotopic (exact) mass is 1050 g/mol. The molecule has 3 heterocycles. The minimum absolute atomic E-state index is 0.0101. The van der Waals surface area contributed by atoms with Crippen molar-refractivity contribution >= 4 is 62.5 Å². The summed E-state index contributed by atoms with van der Waals surface area (Å²) in [7, 11) is -3.46. The molecule has 0 radical (unpaired) electrons. The highest BCUT2D eigenvalue weighted by atomic mass is 32.3. The number of hydrogen-bond acceptors (Lipinski definition) is 17. The van der Waals surface area contributed by atoms with Gasteiger partial charge in [-0.05, 0) is 90.6 Å². The number of benzene rings is 3. The van der Waals surface area contributed by atoms with E-state index in [-0.39, 0.29) is 16.6 Å². The lowest BCUT2D eigenvalue weighted by Gasteiger charge is -2.51. The molecule has 22 nitrogen and oxygen atoms in total. The Bertz CT molecular complexity index is 2860. The number of alkyl carbamates (subject to hydrolysis) is 1. The fraction of sp³-hybridized carbons (Fsp3) is 0.388. The third-order valence-electron chi connectivity index (χ3n) is 10.5. The molecular formula is C49H58N8O14S2. The van der Waals surface area contributed by atoms with Crippen LogP contribution in [0.25, 0.3) is 11.1 Å². The van der Waals surface area contributed by atoms with Crippen molar-refractivity contribution in [3.8, 4) is 16.9 Å². The Labute approximate surface area is 426 Å². The number of β-lactam (4-membered cyclic amide) rings is 1. The molecule has 3 N–H and O–H groups in total. The first-order valence-corrected chi connectivity index (χ1v) is 25.0. The van der Waals surface area contributed by atoms with Crippen molar-refractivity contribution in [2.75, 3.05) is 18.5 Å². The Morgan fingerprint density at radius 3 is 2.07 bits per heavy atom. The van der Waals surface area contributed by atoms with Crippen molar-refractivity contribution < 1.29 is 69.7 Å². The number of aromatic nitrogens is 3. The number of anilines is 1. The van der Waals surface area contributed by atoms with Crippen molar-refractivity contribution in [1.82, 2.24) is 25.4 Å². The fourth-order valence-electron chi connectivity index (χ4n) is 7.12. The minimum atomic E-state index is -5.35. The molecule has 2 aromatic heterocycles. The molecule has 73 heavy (non-hydrogen) atoms. The van der Waals surface area contributed by atoms with Gasteiger partial charge in [0.15, 0.2) is 30.6 Å². The summed E-state index contributed by atoms with van der Waals surface area (Å²) in [5, 5.41) is 13.4. The van der Waals surface area contributed by atoms with E-state index in [1.165, 1.54) is 19.2 Å². The van der Waals surface area contributed by atoms with Crippen LogP contribution < -0.4 is 25.4 Å². The highest BCUT2D eigenvalue weighted by molar-refractivity contribution is 7.80. The maximum Gasteiger partial charge on any atom is 0.413 e. The second-order valence-electron chi connectivity index (χ2n) is 19.1. The lowest BCUT2D eigenvalue weighted by molar-refractivity contribution is -0.753. The first kappa shape index (κ1) is 54.9. The van der Waals surface area contributed by atoms with Crippen molar-refractivity contribution in [3.05, 3.63) is 120 Å². The topological polar surface area (TPSA) is 271 Å².